The van der Waals surface area contributed by atoms with E-state index in [0.29, 0.717) is 38.2 Å². The van der Waals surface area contributed by atoms with Crippen LogP contribution < -0.4 is 10.0 Å². The number of nitrogens with one attached hydrogen (secondary N) is 2. The lowest BCUT2D eigenvalue weighted by atomic mass is 9.99. The van der Waals surface area contributed by atoms with Crippen LogP contribution in [0.25, 0.3) is 0 Å². The lowest BCUT2D eigenvalue weighted by Gasteiger charge is -2.32. The second-order valence-electron chi connectivity index (χ2n) is 6.05. The molecule has 7 heteroatoms. The number of nitrogens with zero attached hydrogens (tertiary/aromatic N) is 1. The van der Waals surface area contributed by atoms with E-state index in [-0.39, 0.29) is 6.10 Å². The minimum atomic E-state index is -3.39. The van der Waals surface area contributed by atoms with Crippen LogP contribution in [0.15, 0.2) is 0 Å². The Labute approximate surface area is 129 Å². The van der Waals surface area contributed by atoms with Gasteiger partial charge in [0.15, 0.2) is 0 Å². The number of hydrogen-bond donors (Lipinski definition) is 2. The summed E-state index contributed by atoms with van der Waals surface area (Å²) in [5, 5.41) is 3.39. The van der Waals surface area contributed by atoms with Crippen molar-refractivity contribution < 1.29 is 13.2 Å². The van der Waals surface area contributed by atoms with Crippen LogP contribution in [-0.2, 0) is 14.9 Å². The summed E-state index contributed by atoms with van der Waals surface area (Å²) in [6, 6.07) is 0.433. The fourth-order valence-electron chi connectivity index (χ4n) is 2.47. The minimum Gasteiger partial charge on any atom is -0.377 e. The van der Waals surface area contributed by atoms with Crippen molar-refractivity contribution in [2.24, 2.45) is 5.92 Å². The topological polar surface area (TPSA) is 70.7 Å². The monoisotopic (exact) mass is 321 g/mol. The molecule has 0 bridgehead atoms. The third-order valence-electron chi connectivity index (χ3n) is 3.64. The Kier molecular flexibility index (Phi) is 8.12. The molecule has 6 nitrogen and oxygen atoms in total. The van der Waals surface area contributed by atoms with Gasteiger partial charge in [0, 0.05) is 32.3 Å². The number of ether oxygens (including phenoxy) is 1. The second kappa shape index (κ2) is 9.05. The van der Waals surface area contributed by atoms with Gasteiger partial charge in [0.25, 0.3) is 10.2 Å². The molecule has 0 amide bonds. The van der Waals surface area contributed by atoms with Crippen LogP contribution in [0.2, 0.25) is 0 Å². The zero-order valence-corrected chi connectivity index (χ0v) is 14.6. The summed E-state index contributed by atoms with van der Waals surface area (Å²) in [7, 11) is -3.39. The average Bonchev–Trinajstić information content (AvgIpc) is 2.44. The molecule has 1 aliphatic heterocycles. The standard InChI is InChI=1S/C14H31N3O3S/c1-5-20-13(4)9-16-21(18,19)17-8-6-7-14(11-17)10-15-12(2)3/h12-16H,5-11H2,1-4H3. The summed E-state index contributed by atoms with van der Waals surface area (Å²) in [6.45, 7) is 11.0. The Morgan fingerprint density at radius 2 is 2.05 bits per heavy atom. The van der Waals surface area contributed by atoms with E-state index in [4.69, 9.17) is 4.74 Å². The Hall–Kier alpha value is -0.210. The Balaban J connectivity index is 2.46. The van der Waals surface area contributed by atoms with Crippen LogP contribution in [-0.4, -0.2) is 57.7 Å². The van der Waals surface area contributed by atoms with Crippen molar-refractivity contribution in [3.05, 3.63) is 0 Å². The van der Waals surface area contributed by atoms with E-state index >= 15 is 0 Å². The Bertz CT molecular complexity index is 387. The lowest BCUT2D eigenvalue weighted by Crippen LogP contribution is -2.49. The van der Waals surface area contributed by atoms with Gasteiger partial charge in [-0.15, -0.1) is 0 Å². The maximum Gasteiger partial charge on any atom is 0.279 e. The van der Waals surface area contributed by atoms with Gasteiger partial charge in [0.1, 0.15) is 0 Å². The van der Waals surface area contributed by atoms with Crippen LogP contribution >= 0.6 is 0 Å². The van der Waals surface area contributed by atoms with Gasteiger partial charge in [-0.25, -0.2) is 0 Å². The Morgan fingerprint density at radius 1 is 1.33 bits per heavy atom. The molecular formula is C14H31N3O3S. The fraction of sp³-hybridized carbons (Fsp3) is 1.00. The molecule has 0 aromatic rings. The van der Waals surface area contributed by atoms with Gasteiger partial charge in [-0.1, -0.05) is 13.8 Å². The quantitative estimate of drug-likeness (QED) is 0.663. The third kappa shape index (κ3) is 7.06. The van der Waals surface area contributed by atoms with E-state index in [1.807, 2.05) is 13.8 Å². The summed E-state index contributed by atoms with van der Waals surface area (Å²) in [4.78, 5) is 0. The highest BCUT2D eigenvalue weighted by Crippen LogP contribution is 2.18. The summed E-state index contributed by atoms with van der Waals surface area (Å²) in [5.74, 6) is 0.391. The number of hydrogen-bond acceptors (Lipinski definition) is 4. The van der Waals surface area contributed by atoms with E-state index in [1.165, 1.54) is 0 Å². The molecular weight excluding hydrogens is 290 g/mol. The molecule has 1 heterocycles. The predicted octanol–water partition coefficient (Wildman–Crippen LogP) is 0.956. The van der Waals surface area contributed by atoms with Crippen LogP contribution in [0.4, 0.5) is 0 Å². The zero-order valence-electron chi connectivity index (χ0n) is 13.8. The van der Waals surface area contributed by atoms with E-state index in [9.17, 15) is 8.42 Å². The predicted molar refractivity (Wildman–Crippen MR) is 85.4 cm³/mol. The Morgan fingerprint density at radius 3 is 2.67 bits per heavy atom. The van der Waals surface area contributed by atoms with Gasteiger partial charge in [-0.3, -0.25) is 0 Å². The van der Waals surface area contributed by atoms with E-state index in [2.05, 4.69) is 23.9 Å². The van der Waals surface area contributed by atoms with Crippen molar-refractivity contribution in [1.29, 1.82) is 0 Å². The zero-order chi connectivity index (χ0) is 15.9. The summed E-state index contributed by atoms with van der Waals surface area (Å²) in [6.07, 6.45) is 1.90. The van der Waals surface area contributed by atoms with Crippen molar-refractivity contribution in [2.75, 3.05) is 32.8 Å². The molecule has 1 aliphatic rings. The van der Waals surface area contributed by atoms with Crippen molar-refractivity contribution in [3.63, 3.8) is 0 Å². The summed E-state index contributed by atoms with van der Waals surface area (Å²) in [5.41, 5.74) is 0. The molecule has 2 atom stereocenters. The molecule has 1 saturated heterocycles. The fourth-order valence-corrected chi connectivity index (χ4v) is 3.88. The first-order valence-electron chi connectivity index (χ1n) is 7.94. The summed E-state index contributed by atoms with van der Waals surface area (Å²) < 4.78 is 34.2. The van der Waals surface area contributed by atoms with Crippen molar-refractivity contribution in [3.8, 4) is 0 Å². The van der Waals surface area contributed by atoms with Gasteiger partial charge < -0.3 is 10.1 Å². The number of piperidine rings is 1. The van der Waals surface area contributed by atoms with E-state index in [1.54, 1.807) is 4.31 Å². The van der Waals surface area contributed by atoms with Crippen LogP contribution in [0.3, 0.4) is 0 Å². The highest BCUT2D eigenvalue weighted by molar-refractivity contribution is 7.87. The normalized spacial score (nSPS) is 22.6. The smallest absolute Gasteiger partial charge is 0.279 e. The van der Waals surface area contributed by atoms with Gasteiger partial charge in [-0.2, -0.15) is 17.4 Å². The molecule has 2 N–H and O–H groups in total. The third-order valence-corrected chi connectivity index (χ3v) is 5.18. The molecule has 21 heavy (non-hydrogen) atoms. The maximum absolute atomic E-state index is 12.3. The molecule has 1 fully saturated rings. The van der Waals surface area contributed by atoms with Crippen LogP contribution in [0, 0.1) is 5.92 Å². The summed E-state index contributed by atoms with van der Waals surface area (Å²) >= 11 is 0. The molecule has 0 aromatic carbocycles. The van der Waals surface area contributed by atoms with Crippen LogP contribution in [0.5, 0.6) is 0 Å². The van der Waals surface area contributed by atoms with Gasteiger partial charge in [-0.05, 0) is 39.2 Å². The first-order chi connectivity index (χ1) is 9.85. The molecule has 0 saturated carbocycles. The highest BCUT2D eigenvalue weighted by Gasteiger charge is 2.28. The first-order valence-corrected chi connectivity index (χ1v) is 9.38. The molecule has 0 aliphatic carbocycles. The molecule has 0 spiro atoms. The van der Waals surface area contributed by atoms with Gasteiger partial charge >= 0.3 is 0 Å². The van der Waals surface area contributed by atoms with Gasteiger partial charge in [0.2, 0.25) is 0 Å². The van der Waals surface area contributed by atoms with Crippen LogP contribution in [0.1, 0.15) is 40.5 Å². The van der Waals surface area contributed by atoms with Crippen molar-refractivity contribution >= 4 is 10.2 Å². The molecule has 1 rings (SSSR count). The minimum absolute atomic E-state index is 0.104. The second-order valence-corrected chi connectivity index (χ2v) is 7.80. The van der Waals surface area contributed by atoms with E-state index < -0.39 is 10.2 Å². The van der Waals surface area contributed by atoms with E-state index in [0.717, 1.165) is 19.4 Å². The molecule has 2 unspecified atom stereocenters. The molecule has 126 valence electrons. The number of rotatable bonds is 9. The first kappa shape index (κ1) is 18.8. The highest BCUT2D eigenvalue weighted by atomic mass is 32.2. The SMILES string of the molecule is CCOC(C)CNS(=O)(=O)N1CCCC(CNC(C)C)C1. The van der Waals surface area contributed by atoms with Crippen molar-refractivity contribution in [2.45, 2.75) is 52.7 Å². The molecule has 0 radical (unpaired) electrons. The van der Waals surface area contributed by atoms with Crippen molar-refractivity contribution in [1.82, 2.24) is 14.3 Å². The average molecular weight is 321 g/mol. The largest absolute Gasteiger partial charge is 0.377 e. The van der Waals surface area contributed by atoms with Gasteiger partial charge in [0.05, 0.1) is 6.10 Å². The lowest BCUT2D eigenvalue weighted by molar-refractivity contribution is 0.0795. The molecule has 0 aromatic heterocycles. The maximum atomic E-state index is 12.3.